The molecule has 0 aliphatic carbocycles. The molecule has 0 saturated carbocycles. The van der Waals surface area contributed by atoms with E-state index in [1.54, 1.807) is 6.26 Å². The summed E-state index contributed by atoms with van der Waals surface area (Å²) < 4.78 is 7.41. The summed E-state index contributed by atoms with van der Waals surface area (Å²) in [7, 11) is 0. The summed E-state index contributed by atoms with van der Waals surface area (Å²) in [6.45, 7) is 2.81. The second-order valence-electron chi connectivity index (χ2n) is 6.42. The standard InChI is InChI=1S/C19H22N4O/c1-2-6-16(7-3-1)12-23-15-20-21-19(23)18-8-4-5-10-22(18)13-17-9-11-24-14-17/h1-3,6-7,9,11,14-15,18H,4-5,8,10,12-13H2/t18-/m1/s1. The number of nitrogens with zero attached hydrogens (tertiary/aromatic N) is 4. The summed E-state index contributed by atoms with van der Waals surface area (Å²) in [5, 5.41) is 8.66. The SMILES string of the molecule is c1ccc(Cn2cnnc2[C@H]2CCCCN2Cc2ccoc2)cc1. The molecule has 1 fully saturated rings. The Hall–Kier alpha value is -2.40. The third-order valence-corrected chi connectivity index (χ3v) is 4.72. The molecule has 0 spiro atoms. The molecule has 1 aliphatic heterocycles. The van der Waals surface area contributed by atoms with Gasteiger partial charge in [-0.05, 0) is 31.0 Å². The van der Waals surface area contributed by atoms with Crippen molar-refractivity contribution in [3.8, 4) is 0 Å². The van der Waals surface area contributed by atoms with Crippen molar-refractivity contribution < 1.29 is 4.42 Å². The van der Waals surface area contributed by atoms with Crippen LogP contribution in [0.5, 0.6) is 0 Å². The third-order valence-electron chi connectivity index (χ3n) is 4.72. The van der Waals surface area contributed by atoms with Crippen molar-refractivity contribution in [1.29, 1.82) is 0 Å². The van der Waals surface area contributed by atoms with Crippen LogP contribution in [0.4, 0.5) is 0 Å². The fourth-order valence-corrected chi connectivity index (χ4v) is 3.51. The van der Waals surface area contributed by atoms with Gasteiger partial charge in [-0.2, -0.15) is 0 Å². The van der Waals surface area contributed by atoms with E-state index in [9.17, 15) is 0 Å². The Labute approximate surface area is 141 Å². The maximum atomic E-state index is 5.22. The van der Waals surface area contributed by atoms with Crippen LogP contribution in [-0.2, 0) is 13.1 Å². The van der Waals surface area contributed by atoms with Crippen LogP contribution in [0.25, 0.3) is 0 Å². The van der Waals surface area contributed by atoms with Crippen molar-refractivity contribution in [2.75, 3.05) is 6.54 Å². The van der Waals surface area contributed by atoms with Gasteiger partial charge in [0.2, 0.25) is 0 Å². The molecule has 0 N–H and O–H groups in total. The molecule has 0 bridgehead atoms. The highest BCUT2D eigenvalue weighted by molar-refractivity contribution is 5.16. The van der Waals surface area contributed by atoms with E-state index in [1.165, 1.54) is 24.0 Å². The number of benzene rings is 1. The molecule has 1 saturated heterocycles. The molecule has 0 amide bonds. The first kappa shape index (κ1) is 15.1. The normalized spacial score (nSPS) is 18.8. The van der Waals surface area contributed by atoms with Gasteiger partial charge < -0.3 is 8.98 Å². The highest BCUT2D eigenvalue weighted by Crippen LogP contribution is 2.31. The Morgan fingerprint density at radius 2 is 1.96 bits per heavy atom. The number of rotatable bonds is 5. The Morgan fingerprint density at radius 3 is 2.79 bits per heavy atom. The molecule has 0 radical (unpaired) electrons. The lowest BCUT2D eigenvalue weighted by Crippen LogP contribution is -2.34. The average Bonchev–Trinajstić information content (AvgIpc) is 3.28. The van der Waals surface area contributed by atoms with Gasteiger partial charge in [0, 0.05) is 12.1 Å². The Balaban J connectivity index is 1.56. The van der Waals surface area contributed by atoms with Crippen LogP contribution in [0.1, 0.15) is 42.3 Å². The molecule has 5 nitrogen and oxygen atoms in total. The molecule has 4 rings (SSSR count). The summed E-state index contributed by atoms with van der Waals surface area (Å²) in [6.07, 6.45) is 9.04. The smallest absolute Gasteiger partial charge is 0.150 e. The lowest BCUT2D eigenvalue weighted by atomic mass is 10.0. The van der Waals surface area contributed by atoms with Gasteiger partial charge in [-0.25, -0.2) is 0 Å². The predicted octanol–water partition coefficient (Wildman–Crippen LogP) is 3.65. The predicted molar refractivity (Wildman–Crippen MR) is 91.3 cm³/mol. The minimum absolute atomic E-state index is 0.319. The van der Waals surface area contributed by atoms with Gasteiger partial charge in [0.1, 0.15) is 6.33 Å². The number of piperidine rings is 1. The zero-order chi connectivity index (χ0) is 16.2. The van der Waals surface area contributed by atoms with Crippen LogP contribution >= 0.6 is 0 Å². The summed E-state index contributed by atoms with van der Waals surface area (Å²) in [4.78, 5) is 2.50. The Kier molecular flexibility index (Phi) is 4.42. The second-order valence-corrected chi connectivity index (χ2v) is 6.42. The number of aromatic nitrogens is 3. The molecule has 2 aromatic heterocycles. The summed E-state index contributed by atoms with van der Waals surface area (Å²) in [5.41, 5.74) is 2.49. The van der Waals surface area contributed by atoms with Crippen molar-refractivity contribution in [1.82, 2.24) is 19.7 Å². The first-order valence-corrected chi connectivity index (χ1v) is 8.57. The van der Waals surface area contributed by atoms with Crippen LogP contribution < -0.4 is 0 Å². The van der Waals surface area contributed by atoms with E-state index in [1.807, 2.05) is 24.7 Å². The number of furan rings is 1. The molecule has 1 aromatic carbocycles. The third kappa shape index (κ3) is 3.26. The molecule has 124 valence electrons. The van der Waals surface area contributed by atoms with E-state index in [0.29, 0.717) is 6.04 Å². The van der Waals surface area contributed by atoms with Gasteiger partial charge in [-0.1, -0.05) is 36.8 Å². The minimum Gasteiger partial charge on any atom is -0.472 e. The highest BCUT2D eigenvalue weighted by Gasteiger charge is 2.28. The highest BCUT2D eigenvalue weighted by atomic mass is 16.3. The van der Waals surface area contributed by atoms with E-state index in [4.69, 9.17) is 4.42 Å². The van der Waals surface area contributed by atoms with Crippen molar-refractivity contribution in [2.45, 2.75) is 38.4 Å². The molecule has 24 heavy (non-hydrogen) atoms. The van der Waals surface area contributed by atoms with Crippen molar-refractivity contribution >= 4 is 0 Å². The van der Waals surface area contributed by atoms with Crippen molar-refractivity contribution in [2.24, 2.45) is 0 Å². The van der Waals surface area contributed by atoms with E-state index < -0.39 is 0 Å². The molecule has 3 heterocycles. The van der Waals surface area contributed by atoms with Crippen LogP contribution in [0.15, 0.2) is 59.7 Å². The van der Waals surface area contributed by atoms with Gasteiger partial charge in [0.25, 0.3) is 0 Å². The monoisotopic (exact) mass is 322 g/mol. The van der Waals surface area contributed by atoms with Crippen molar-refractivity contribution in [3.05, 3.63) is 72.2 Å². The van der Waals surface area contributed by atoms with Crippen molar-refractivity contribution in [3.63, 3.8) is 0 Å². The zero-order valence-electron chi connectivity index (χ0n) is 13.7. The van der Waals surface area contributed by atoms with Crippen LogP contribution in [-0.4, -0.2) is 26.2 Å². The first-order chi connectivity index (χ1) is 11.9. The summed E-state index contributed by atoms with van der Waals surface area (Å²) >= 11 is 0. The number of hydrogen-bond donors (Lipinski definition) is 0. The molecular formula is C19H22N4O. The maximum absolute atomic E-state index is 5.22. The topological polar surface area (TPSA) is 47.1 Å². The van der Waals surface area contributed by atoms with Gasteiger partial charge in [0.15, 0.2) is 5.82 Å². The fraction of sp³-hybridized carbons (Fsp3) is 0.368. The second kappa shape index (κ2) is 7.01. The quantitative estimate of drug-likeness (QED) is 0.719. The first-order valence-electron chi connectivity index (χ1n) is 8.57. The van der Waals surface area contributed by atoms with Crippen LogP contribution in [0.2, 0.25) is 0 Å². The summed E-state index contributed by atoms with van der Waals surface area (Å²) in [5.74, 6) is 1.07. The Morgan fingerprint density at radius 1 is 1.04 bits per heavy atom. The molecule has 5 heteroatoms. The Bertz CT molecular complexity index is 751. The van der Waals surface area contributed by atoms with Gasteiger partial charge in [0.05, 0.1) is 25.1 Å². The largest absolute Gasteiger partial charge is 0.472 e. The van der Waals surface area contributed by atoms with Gasteiger partial charge in [-0.3, -0.25) is 4.90 Å². The molecule has 3 aromatic rings. The van der Waals surface area contributed by atoms with E-state index in [2.05, 4.69) is 43.9 Å². The lowest BCUT2D eigenvalue weighted by molar-refractivity contribution is 0.130. The van der Waals surface area contributed by atoms with Crippen LogP contribution in [0.3, 0.4) is 0 Å². The van der Waals surface area contributed by atoms with E-state index in [0.717, 1.165) is 31.9 Å². The van der Waals surface area contributed by atoms with Gasteiger partial charge in [-0.15, -0.1) is 10.2 Å². The molecule has 1 aliphatic rings. The zero-order valence-corrected chi connectivity index (χ0v) is 13.7. The average molecular weight is 322 g/mol. The summed E-state index contributed by atoms with van der Waals surface area (Å²) in [6, 6.07) is 12.8. The lowest BCUT2D eigenvalue weighted by Gasteiger charge is -2.34. The fourth-order valence-electron chi connectivity index (χ4n) is 3.51. The molecular weight excluding hydrogens is 300 g/mol. The minimum atomic E-state index is 0.319. The number of hydrogen-bond acceptors (Lipinski definition) is 4. The molecule has 1 atom stereocenters. The van der Waals surface area contributed by atoms with E-state index in [-0.39, 0.29) is 0 Å². The van der Waals surface area contributed by atoms with E-state index >= 15 is 0 Å². The number of likely N-dealkylation sites (tertiary alicyclic amines) is 1. The van der Waals surface area contributed by atoms with Gasteiger partial charge >= 0.3 is 0 Å². The van der Waals surface area contributed by atoms with Crippen LogP contribution in [0, 0.1) is 0 Å². The maximum Gasteiger partial charge on any atom is 0.150 e. The molecule has 0 unspecified atom stereocenters.